The molecule has 0 radical (unpaired) electrons. The van der Waals surface area contributed by atoms with Crippen LogP contribution in [0.3, 0.4) is 0 Å². The Hall–Kier alpha value is -2.37. The van der Waals surface area contributed by atoms with Crippen molar-refractivity contribution in [2.75, 3.05) is 11.9 Å². The Morgan fingerprint density at radius 1 is 1.38 bits per heavy atom. The van der Waals surface area contributed by atoms with Crippen molar-refractivity contribution < 1.29 is 4.79 Å². The molecule has 0 saturated carbocycles. The summed E-state index contributed by atoms with van der Waals surface area (Å²) in [6.45, 7) is 5.22. The standard InChI is InChI=1S/C15H21N5O/c1-4-6-16-14-9-12(8-11(2)18-14)15(21)17-10-13-5-7-20(3)19-13/h5,7-9H,4,6,10H2,1-3H3,(H,16,18)(H,17,21). The highest BCUT2D eigenvalue weighted by atomic mass is 16.1. The van der Waals surface area contributed by atoms with E-state index in [0.717, 1.165) is 30.2 Å². The molecule has 2 aromatic heterocycles. The minimum absolute atomic E-state index is 0.120. The molecule has 0 aliphatic rings. The number of anilines is 1. The summed E-state index contributed by atoms with van der Waals surface area (Å²) in [5.41, 5.74) is 2.26. The van der Waals surface area contributed by atoms with Gasteiger partial charge in [0.2, 0.25) is 0 Å². The van der Waals surface area contributed by atoms with Gasteiger partial charge in [-0.05, 0) is 31.5 Å². The maximum atomic E-state index is 12.2. The molecule has 2 aromatic rings. The normalized spacial score (nSPS) is 10.4. The molecular formula is C15H21N5O. The molecule has 0 bridgehead atoms. The molecule has 1 amide bonds. The predicted octanol–water partition coefficient (Wildman–Crippen LogP) is 1.88. The Bertz CT molecular complexity index is 620. The van der Waals surface area contributed by atoms with E-state index in [1.807, 2.05) is 26.2 Å². The highest BCUT2D eigenvalue weighted by Crippen LogP contribution is 2.10. The number of pyridine rings is 1. The van der Waals surface area contributed by atoms with Gasteiger partial charge in [0.1, 0.15) is 5.82 Å². The number of hydrogen-bond donors (Lipinski definition) is 2. The van der Waals surface area contributed by atoms with Crippen molar-refractivity contribution in [2.24, 2.45) is 7.05 Å². The summed E-state index contributed by atoms with van der Waals surface area (Å²) in [5.74, 6) is 0.616. The molecule has 0 spiro atoms. The van der Waals surface area contributed by atoms with Crippen LogP contribution in [0, 0.1) is 6.92 Å². The van der Waals surface area contributed by atoms with Gasteiger partial charge in [-0.15, -0.1) is 0 Å². The average molecular weight is 287 g/mol. The third-order valence-corrected chi connectivity index (χ3v) is 2.97. The lowest BCUT2D eigenvalue weighted by molar-refractivity contribution is 0.0950. The second-order valence-electron chi connectivity index (χ2n) is 4.97. The third-order valence-electron chi connectivity index (χ3n) is 2.97. The van der Waals surface area contributed by atoms with Crippen molar-refractivity contribution in [1.29, 1.82) is 0 Å². The quantitative estimate of drug-likeness (QED) is 0.851. The monoisotopic (exact) mass is 287 g/mol. The van der Waals surface area contributed by atoms with Gasteiger partial charge >= 0.3 is 0 Å². The van der Waals surface area contributed by atoms with Gasteiger partial charge in [-0.2, -0.15) is 5.10 Å². The van der Waals surface area contributed by atoms with Gasteiger partial charge in [0.05, 0.1) is 12.2 Å². The maximum Gasteiger partial charge on any atom is 0.251 e. The lowest BCUT2D eigenvalue weighted by atomic mass is 10.2. The zero-order chi connectivity index (χ0) is 15.2. The van der Waals surface area contributed by atoms with Crippen LogP contribution in [0.15, 0.2) is 24.4 Å². The number of carbonyl (C=O) groups excluding carboxylic acids is 1. The van der Waals surface area contributed by atoms with E-state index >= 15 is 0 Å². The van der Waals surface area contributed by atoms with E-state index in [0.29, 0.717) is 12.1 Å². The highest BCUT2D eigenvalue weighted by molar-refractivity contribution is 5.94. The van der Waals surface area contributed by atoms with Gasteiger partial charge in [-0.1, -0.05) is 6.92 Å². The third kappa shape index (κ3) is 4.30. The SMILES string of the molecule is CCCNc1cc(C(=O)NCc2ccn(C)n2)cc(C)n1. The van der Waals surface area contributed by atoms with Crippen molar-refractivity contribution in [1.82, 2.24) is 20.1 Å². The summed E-state index contributed by atoms with van der Waals surface area (Å²) >= 11 is 0. The molecule has 2 heterocycles. The molecule has 21 heavy (non-hydrogen) atoms. The Labute approximate surface area is 124 Å². The minimum atomic E-state index is -0.120. The van der Waals surface area contributed by atoms with Crippen LogP contribution in [-0.2, 0) is 13.6 Å². The van der Waals surface area contributed by atoms with Crippen LogP contribution in [0.4, 0.5) is 5.82 Å². The van der Waals surface area contributed by atoms with Gasteiger partial charge in [-0.25, -0.2) is 4.98 Å². The van der Waals surface area contributed by atoms with Gasteiger partial charge in [-0.3, -0.25) is 9.48 Å². The van der Waals surface area contributed by atoms with E-state index in [9.17, 15) is 4.79 Å². The van der Waals surface area contributed by atoms with Crippen molar-refractivity contribution in [3.8, 4) is 0 Å². The maximum absolute atomic E-state index is 12.2. The molecule has 6 nitrogen and oxygen atoms in total. The van der Waals surface area contributed by atoms with Gasteiger partial charge in [0, 0.05) is 31.0 Å². The molecule has 2 N–H and O–H groups in total. The van der Waals surface area contributed by atoms with E-state index in [1.165, 1.54) is 0 Å². The Kier molecular flexibility index (Phi) is 4.92. The number of amides is 1. The largest absolute Gasteiger partial charge is 0.370 e. The van der Waals surface area contributed by atoms with Crippen LogP contribution in [0.1, 0.15) is 35.1 Å². The van der Waals surface area contributed by atoms with Crippen molar-refractivity contribution in [3.63, 3.8) is 0 Å². The van der Waals surface area contributed by atoms with Crippen molar-refractivity contribution in [3.05, 3.63) is 41.3 Å². The molecule has 0 unspecified atom stereocenters. The van der Waals surface area contributed by atoms with Gasteiger partial charge in [0.25, 0.3) is 5.91 Å². The average Bonchev–Trinajstić information content (AvgIpc) is 2.87. The molecule has 0 fully saturated rings. The number of nitrogens with one attached hydrogen (secondary N) is 2. The zero-order valence-corrected chi connectivity index (χ0v) is 12.7. The number of rotatable bonds is 6. The number of hydrogen-bond acceptors (Lipinski definition) is 4. The van der Waals surface area contributed by atoms with Crippen LogP contribution in [-0.4, -0.2) is 27.2 Å². The highest BCUT2D eigenvalue weighted by Gasteiger charge is 2.09. The Morgan fingerprint density at radius 3 is 2.86 bits per heavy atom. The minimum Gasteiger partial charge on any atom is -0.370 e. The second kappa shape index (κ2) is 6.88. The summed E-state index contributed by atoms with van der Waals surface area (Å²) in [4.78, 5) is 16.6. The lowest BCUT2D eigenvalue weighted by Crippen LogP contribution is -2.23. The molecule has 0 aliphatic carbocycles. The fraction of sp³-hybridized carbons (Fsp3) is 0.400. The predicted molar refractivity (Wildman–Crippen MR) is 82.1 cm³/mol. The molecule has 0 aliphatic heterocycles. The van der Waals surface area contributed by atoms with E-state index in [4.69, 9.17) is 0 Å². The summed E-state index contributed by atoms with van der Waals surface area (Å²) < 4.78 is 1.71. The van der Waals surface area contributed by atoms with Gasteiger partial charge in [0.15, 0.2) is 0 Å². The van der Waals surface area contributed by atoms with Crippen LogP contribution in [0.2, 0.25) is 0 Å². The zero-order valence-electron chi connectivity index (χ0n) is 12.7. The number of nitrogens with zero attached hydrogens (tertiary/aromatic N) is 3. The van der Waals surface area contributed by atoms with Crippen LogP contribution in [0.25, 0.3) is 0 Å². The van der Waals surface area contributed by atoms with Crippen LogP contribution >= 0.6 is 0 Å². The smallest absolute Gasteiger partial charge is 0.251 e. The molecule has 6 heteroatoms. The molecule has 112 valence electrons. The summed E-state index contributed by atoms with van der Waals surface area (Å²) in [6, 6.07) is 5.44. The fourth-order valence-corrected chi connectivity index (χ4v) is 1.97. The second-order valence-corrected chi connectivity index (χ2v) is 4.97. The molecule has 0 atom stereocenters. The fourth-order valence-electron chi connectivity index (χ4n) is 1.97. The first-order valence-electron chi connectivity index (χ1n) is 7.07. The lowest BCUT2D eigenvalue weighted by Gasteiger charge is -2.08. The summed E-state index contributed by atoms with van der Waals surface area (Å²) in [5, 5.41) is 10.3. The van der Waals surface area contributed by atoms with E-state index < -0.39 is 0 Å². The summed E-state index contributed by atoms with van der Waals surface area (Å²) in [6.07, 6.45) is 2.86. The molecule has 0 saturated heterocycles. The van der Waals surface area contributed by atoms with Crippen molar-refractivity contribution >= 4 is 11.7 Å². The van der Waals surface area contributed by atoms with E-state index in [1.54, 1.807) is 16.8 Å². The number of aryl methyl sites for hydroxylation is 2. The summed E-state index contributed by atoms with van der Waals surface area (Å²) in [7, 11) is 1.85. The Morgan fingerprint density at radius 2 is 2.19 bits per heavy atom. The first-order valence-corrected chi connectivity index (χ1v) is 7.07. The van der Waals surface area contributed by atoms with Gasteiger partial charge < -0.3 is 10.6 Å². The van der Waals surface area contributed by atoms with E-state index in [-0.39, 0.29) is 5.91 Å². The topological polar surface area (TPSA) is 71.8 Å². The number of aromatic nitrogens is 3. The van der Waals surface area contributed by atoms with Crippen LogP contribution < -0.4 is 10.6 Å². The molecule has 2 rings (SSSR count). The first-order chi connectivity index (χ1) is 10.1. The van der Waals surface area contributed by atoms with E-state index in [2.05, 4.69) is 27.6 Å². The Balaban J connectivity index is 2.02. The molecular weight excluding hydrogens is 266 g/mol. The first kappa shape index (κ1) is 15.0. The van der Waals surface area contributed by atoms with Crippen LogP contribution in [0.5, 0.6) is 0 Å². The number of carbonyl (C=O) groups is 1. The van der Waals surface area contributed by atoms with Crippen molar-refractivity contribution in [2.45, 2.75) is 26.8 Å². The molecule has 0 aromatic carbocycles.